The maximum absolute atomic E-state index is 13.6. The number of benzene rings is 2. The van der Waals surface area contributed by atoms with E-state index in [0.29, 0.717) is 12.3 Å². The maximum Gasteiger partial charge on any atom is 0.266 e. The molecule has 3 aromatic rings. The van der Waals surface area contributed by atoms with E-state index in [1.165, 1.54) is 4.90 Å². The molecule has 0 radical (unpaired) electrons. The van der Waals surface area contributed by atoms with Crippen LogP contribution in [0.15, 0.2) is 72.1 Å². The molecule has 3 heterocycles. The number of amides is 2. The molecule has 2 fully saturated rings. The summed E-state index contributed by atoms with van der Waals surface area (Å²) in [4.78, 5) is 35.3. The third kappa shape index (κ3) is 4.03. The number of rotatable bonds is 8. The fourth-order valence-electron chi connectivity index (χ4n) is 4.45. The van der Waals surface area contributed by atoms with Gasteiger partial charge in [0.25, 0.3) is 5.91 Å². The molecule has 0 saturated carbocycles. The summed E-state index contributed by atoms with van der Waals surface area (Å²) in [5, 5.41) is 3.70. The fraction of sp³-hybridized carbons (Fsp3) is 0.308. The Morgan fingerprint density at radius 3 is 2.39 bits per heavy atom. The number of nitrogens with zero attached hydrogens (tertiary/aromatic N) is 2. The number of unbranched alkanes of at least 4 members (excludes halogenated alkanes) is 2. The van der Waals surface area contributed by atoms with Gasteiger partial charge in [-0.25, -0.2) is 9.96 Å². The van der Waals surface area contributed by atoms with Crippen molar-refractivity contribution in [1.82, 2.24) is 0 Å². The van der Waals surface area contributed by atoms with Crippen LogP contribution in [0, 0.1) is 5.92 Å². The molecule has 3 atom stereocenters. The van der Waals surface area contributed by atoms with Crippen molar-refractivity contribution in [3.8, 4) is 5.75 Å². The number of para-hydroxylation sites is 1. The first kappa shape index (κ1) is 21.7. The SMILES string of the molecule is CCCCCOc1ccc(N2C(=O)C3ON(c4ccccc4)C(c4cccs4)C3C2=O)cc1. The Labute approximate surface area is 197 Å². The second kappa shape index (κ2) is 9.37. The van der Waals surface area contributed by atoms with Crippen LogP contribution in [0.2, 0.25) is 0 Å². The Morgan fingerprint density at radius 2 is 1.70 bits per heavy atom. The largest absolute Gasteiger partial charge is 0.494 e. The van der Waals surface area contributed by atoms with Crippen LogP contribution < -0.4 is 14.7 Å². The highest BCUT2D eigenvalue weighted by molar-refractivity contribution is 7.10. The smallest absolute Gasteiger partial charge is 0.266 e. The molecular weight excluding hydrogens is 436 g/mol. The van der Waals surface area contributed by atoms with E-state index in [2.05, 4.69) is 6.92 Å². The first-order valence-corrected chi connectivity index (χ1v) is 12.2. The Hall–Kier alpha value is -3.16. The van der Waals surface area contributed by atoms with Gasteiger partial charge in [0, 0.05) is 4.88 Å². The summed E-state index contributed by atoms with van der Waals surface area (Å²) in [6, 6.07) is 20.3. The number of fused-ring (bicyclic) bond motifs is 1. The average Bonchev–Trinajstić information content (AvgIpc) is 3.55. The zero-order chi connectivity index (χ0) is 22.8. The first-order valence-electron chi connectivity index (χ1n) is 11.3. The molecule has 33 heavy (non-hydrogen) atoms. The summed E-state index contributed by atoms with van der Waals surface area (Å²) in [5.41, 5.74) is 1.36. The van der Waals surface area contributed by atoms with Gasteiger partial charge in [0.15, 0.2) is 6.10 Å². The topological polar surface area (TPSA) is 59.1 Å². The average molecular weight is 463 g/mol. The highest BCUT2D eigenvalue weighted by Gasteiger charge is 2.60. The quantitative estimate of drug-likeness (QED) is 0.333. The lowest BCUT2D eigenvalue weighted by atomic mass is 9.95. The van der Waals surface area contributed by atoms with Gasteiger partial charge < -0.3 is 4.74 Å². The van der Waals surface area contributed by atoms with Gasteiger partial charge in [-0.1, -0.05) is 44.0 Å². The molecule has 3 unspecified atom stereocenters. The summed E-state index contributed by atoms with van der Waals surface area (Å²) in [7, 11) is 0. The summed E-state index contributed by atoms with van der Waals surface area (Å²) in [6.45, 7) is 2.81. The highest BCUT2D eigenvalue weighted by Crippen LogP contribution is 2.48. The lowest BCUT2D eigenvalue weighted by Gasteiger charge is -2.27. The van der Waals surface area contributed by atoms with Crippen molar-refractivity contribution in [2.75, 3.05) is 16.6 Å². The number of anilines is 2. The summed E-state index contributed by atoms with van der Waals surface area (Å²) < 4.78 is 5.76. The van der Waals surface area contributed by atoms with Gasteiger partial charge in [0.05, 0.1) is 18.0 Å². The van der Waals surface area contributed by atoms with Crippen LogP contribution in [-0.2, 0) is 14.4 Å². The van der Waals surface area contributed by atoms with E-state index in [1.54, 1.807) is 28.5 Å². The summed E-state index contributed by atoms with van der Waals surface area (Å²) in [6.07, 6.45) is 2.42. The number of hydrogen-bond donors (Lipinski definition) is 0. The molecule has 0 spiro atoms. The van der Waals surface area contributed by atoms with Crippen molar-refractivity contribution in [3.63, 3.8) is 0 Å². The van der Waals surface area contributed by atoms with Gasteiger partial charge in [-0.05, 0) is 54.3 Å². The van der Waals surface area contributed by atoms with E-state index < -0.39 is 12.0 Å². The number of ether oxygens (including phenoxy) is 1. The molecule has 7 heteroatoms. The molecule has 1 aromatic heterocycles. The summed E-state index contributed by atoms with van der Waals surface area (Å²) >= 11 is 1.56. The van der Waals surface area contributed by atoms with Crippen LogP contribution in [0.4, 0.5) is 11.4 Å². The molecule has 6 nitrogen and oxygen atoms in total. The Morgan fingerprint density at radius 1 is 0.909 bits per heavy atom. The molecule has 5 rings (SSSR count). The van der Waals surface area contributed by atoms with Gasteiger partial charge in [-0.2, -0.15) is 0 Å². The summed E-state index contributed by atoms with van der Waals surface area (Å²) in [5.74, 6) is -0.446. The Kier molecular flexibility index (Phi) is 6.15. The third-order valence-corrected chi connectivity index (χ3v) is 7.02. The van der Waals surface area contributed by atoms with Crippen LogP contribution in [0.5, 0.6) is 5.75 Å². The number of imide groups is 1. The molecule has 2 saturated heterocycles. The monoisotopic (exact) mass is 462 g/mol. The van der Waals surface area contributed by atoms with E-state index in [4.69, 9.17) is 9.57 Å². The fourth-order valence-corrected chi connectivity index (χ4v) is 5.30. The second-order valence-electron chi connectivity index (χ2n) is 8.23. The zero-order valence-electron chi connectivity index (χ0n) is 18.4. The third-order valence-electron chi connectivity index (χ3n) is 6.07. The van der Waals surface area contributed by atoms with Crippen LogP contribution in [0.1, 0.15) is 37.1 Å². The van der Waals surface area contributed by atoms with E-state index in [9.17, 15) is 9.59 Å². The normalized spacial score (nSPS) is 22.2. The van der Waals surface area contributed by atoms with Gasteiger partial charge in [-0.3, -0.25) is 14.4 Å². The number of hydroxylamine groups is 1. The molecule has 2 aromatic carbocycles. The molecule has 2 aliphatic rings. The van der Waals surface area contributed by atoms with Crippen molar-refractivity contribution in [1.29, 1.82) is 0 Å². The number of thiophene rings is 1. The number of hydrogen-bond acceptors (Lipinski definition) is 6. The van der Waals surface area contributed by atoms with Crippen molar-refractivity contribution in [3.05, 3.63) is 77.0 Å². The zero-order valence-corrected chi connectivity index (χ0v) is 19.2. The molecule has 0 bridgehead atoms. The predicted octanol–water partition coefficient (Wildman–Crippen LogP) is 5.37. The number of carbonyl (C=O) groups excluding carboxylic acids is 2. The van der Waals surface area contributed by atoms with Gasteiger partial charge in [0.1, 0.15) is 17.7 Å². The minimum Gasteiger partial charge on any atom is -0.494 e. The van der Waals surface area contributed by atoms with Crippen molar-refractivity contribution in [2.45, 2.75) is 38.3 Å². The van der Waals surface area contributed by atoms with Gasteiger partial charge in [0.2, 0.25) is 5.91 Å². The van der Waals surface area contributed by atoms with E-state index in [0.717, 1.165) is 35.6 Å². The van der Waals surface area contributed by atoms with Crippen molar-refractivity contribution >= 4 is 34.5 Å². The minimum atomic E-state index is -0.852. The molecule has 2 amide bonds. The van der Waals surface area contributed by atoms with Crippen LogP contribution in [0.3, 0.4) is 0 Å². The standard InChI is InChI=1S/C26H26N2O4S/c1-2-3-7-16-31-20-14-12-18(13-15-20)27-25(29)22-23(21-11-8-17-33-21)28(32-24(22)26(27)30)19-9-5-4-6-10-19/h4-6,8-15,17,22-24H,2-3,7,16H2,1H3. The van der Waals surface area contributed by atoms with E-state index in [1.807, 2.05) is 60.0 Å². The second-order valence-corrected chi connectivity index (χ2v) is 9.21. The Balaban J connectivity index is 1.39. The van der Waals surface area contributed by atoms with Crippen LogP contribution >= 0.6 is 11.3 Å². The minimum absolute atomic E-state index is 0.238. The molecular formula is C26H26N2O4S. The molecule has 0 N–H and O–H groups in total. The lowest BCUT2D eigenvalue weighted by molar-refractivity contribution is -0.126. The van der Waals surface area contributed by atoms with Crippen LogP contribution in [-0.4, -0.2) is 24.5 Å². The lowest BCUT2D eigenvalue weighted by Crippen LogP contribution is -2.37. The van der Waals surface area contributed by atoms with Crippen molar-refractivity contribution < 1.29 is 19.2 Å². The van der Waals surface area contributed by atoms with Gasteiger partial charge >= 0.3 is 0 Å². The highest BCUT2D eigenvalue weighted by atomic mass is 32.1. The first-order chi connectivity index (χ1) is 16.2. The van der Waals surface area contributed by atoms with Crippen molar-refractivity contribution in [2.24, 2.45) is 5.92 Å². The number of carbonyl (C=O) groups is 2. The maximum atomic E-state index is 13.6. The van der Waals surface area contributed by atoms with E-state index in [-0.39, 0.29) is 17.9 Å². The Bertz CT molecular complexity index is 1100. The van der Waals surface area contributed by atoms with Gasteiger partial charge in [-0.15, -0.1) is 11.3 Å². The molecule has 0 aliphatic carbocycles. The van der Waals surface area contributed by atoms with Crippen LogP contribution in [0.25, 0.3) is 0 Å². The molecule has 170 valence electrons. The van der Waals surface area contributed by atoms with E-state index >= 15 is 0 Å². The predicted molar refractivity (Wildman–Crippen MR) is 128 cm³/mol. The molecule has 2 aliphatic heterocycles.